The number of carbonyl (C=O) groups is 1. The lowest BCUT2D eigenvalue weighted by molar-refractivity contribution is 0.0950. The Balaban J connectivity index is 1.53. The molecule has 1 saturated carbocycles. The average molecular weight is 390 g/mol. The molecule has 4 rings (SSSR count). The maximum atomic E-state index is 12.6. The van der Waals surface area contributed by atoms with E-state index in [4.69, 9.17) is 5.10 Å². The molecule has 6 nitrogen and oxygen atoms in total. The largest absolute Gasteiger partial charge is 0.378 e. The fraction of sp³-hybridized carbons (Fsp3) is 0.348. The van der Waals surface area contributed by atoms with E-state index in [1.807, 2.05) is 55.4 Å². The first kappa shape index (κ1) is 19.2. The summed E-state index contributed by atoms with van der Waals surface area (Å²) in [5.74, 6) is -0.0884. The van der Waals surface area contributed by atoms with Gasteiger partial charge in [-0.1, -0.05) is 18.9 Å². The molecule has 29 heavy (non-hydrogen) atoms. The van der Waals surface area contributed by atoms with Crippen LogP contribution >= 0.6 is 0 Å². The van der Waals surface area contributed by atoms with Gasteiger partial charge >= 0.3 is 0 Å². The molecular formula is C23H27N5O. The van der Waals surface area contributed by atoms with Crippen molar-refractivity contribution in [2.75, 3.05) is 19.0 Å². The van der Waals surface area contributed by atoms with Gasteiger partial charge in [-0.3, -0.25) is 14.5 Å². The maximum Gasteiger partial charge on any atom is 0.251 e. The van der Waals surface area contributed by atoms with Gasteiger partial charge in [0.25, 0.3) is 5.91 Å². The third-order valence-corrected chi connectivity index (χ3v) is 5.49. The number of carbonyl (C=O) groups excluding carboxylic acids is 1. The van der Waals surface area contributed by atoms with Crippen molar-refractivity contribution in [3.05, 3.63) is 66.1 Å². The zero-order valence-corrected chi connectivity index (χ0v) is 17.0. The van der Waals surface area contributed by atoms with Gasteiger partial charge in [0.15, 0.2) is 0 Å². The van der Waals surface area contributed by atoms with Crippen LogP contribution in [0.5, 0.6) is 0 Å². The van der Waals surface area contributed by atoms with Crippen LogP contribution in [0, 0.1) is 0 Å². The first-order chi connectivity index (χ1) is 14.1. The van der Waals surface area contributed by atoms with Gasteiger partial charge in [-0.15, -0.1) is 0 Å². The molecule has 1 aliphatic carbocycles. The third kappa shape index (κ3) is 4.31. The molecule has 0 spiro atoms. The normalized spacial score (nSPS) is 14.1. The van der Waals surface area contributed by atoms with Gasteiger partial charge in [0.1, 0.15) is 0 Å². The van der Waals surface area contributed by atoms with E-state index in [1.54, 1.807) is 12.4 Å². The minimum absolute atomic E-state index is 0.0884. The molecule has 0 saturated heterocycles. The molecular weight excluding hydrogens is 362 g/mol. The fourth-order valence-electron chi connectivity index (χ4n) is 3.90. The minimum atomic E-state index is -0.0884. The maximum absolute atomic E-state index is 12.6. The van der Waals surface area contributed by atoms with Gasteiger partial charge in [0.05, 0.1) is 24.0 Å². The molecule has 0 unspecified atom stereocenters. The van der Waals surface area contributed by atoms with Gasteiger partial charge in [0.2, 0.25) is 0 Å². The second-order valence-electron chi connectivity index (χ2n) is 7.77. The SMILES string of the molecule is CN(C)c1cccc(C(=O)NCc2cc(-c3ccncc3)n(C3CCCC3)n2)c1. The molecule has 0 atom stereocenters. The van der Waals surface area contributed by atoms with Gasteiger partial charge in [0, 0.05) is 43.3 Å². The number of benzene rings is 1. The zero-order chi connectivity index (χ0) is 20.2. The van der Waals surface area contributed by atoms with E-state index in [-0.39, 0.29) is 5.91 Å². The van der Waals surface area contributed by atoms with Crippen molar-refractivity contribution >= 4 is 11.6 Å². The number of pyridine rings is 1. The number of amides is 1. The third-order valence-electron chi connectivity index (χ3n) is 5.49. The number of hydrogen-bond donors (Lipinski definition) is 1. The topological polar surface area (TPSA) is 63.1 Å². The fourth-order valence-corrected chi connectivity index (χ4v) is 3.90. The number of rotatable bonds is 6. The van der Waals surface area contributed by atoms with Gasteiger partial charge < -0.3 is 10.2 Å². The predicted octanol–water partition coefficient (Wildman–Crippen LogP) is 4.06. The highest BCUT2D eigenvalue weighted by Crippen LogP contribution is 2.33. The smallest absolute Gasteiger partial charge is 0.251 e. The summed E-state index contributed by atoms with van der Waals surface area (Å²) in [6, 6.07) is 14.2. The summed E-state index contributed by atoms with van der Waals surface area (Å²) in [7, 11) is 3.93. The molecule has 150 valence electrons. The van der Waals surface area contributed by atoms with E-state index in [1.165, 1.54) is 12.8 Å². The van der Waals surface area contributed by atoms with E-state index in [9.17, 15) is 4.79 Å². The number of hydrogen-bond acceptors (Lipinski definition) is 4. The molecule has 0 radical (unpaired) electrons. The van der Waals surface area contributed by atoms with Gasteiger partial charge in [-0.25, -0.2) is 0 Å². The molecule has 1 N–H and O–H groups in total. The lowest BCUT2D eigenvalue weighted by Crippen LogP contribution is -2.23. The molecule has 1 fully saturated rings. The molecule has 1 aliphatic rings. The van der Waals surface area contributed by atoms with E-state index in [0.717, 1.165) is 35.5 Å². The summed E-state index contributed by atoms with van der Waals surface area (Å²) in [6.45, 7) is 0.406. The Labute approximate surface area is 171 Å². The predicted molar refractivity (Wildman–Crippen MR) is 115 cm³/mol. The quantitative estimate of drug-likeness (QED) is 0.691. The molecule has 0 aliphatic heterocycles. The number of nitrogens with one attached hydrogen (secondary N) is 1. The van der Waals surface area contributed by atoms with E-state index in [2.05, 4.69) is 21.0 Å². The average Bonchev–Trinajstić information content (AvgIpc) is 3.42. The Bertz CT molecular complexity index is 974. The zero-order valence-electron chi connectivity index (χ0n) is 17.0. The summed E-state index contributed by atoms with van der Waals surface area (Å²) < 4.78 is 2.15. The first-order valence-electron chi connectivity index (χ1n) is 10.2. The Hall–Kier alpha value is -3.15. The van der Waals surface area contributed by atoms with Crippen LogP contribution in [-0.4, -0.2) is 34.8 Å². The van der Waals surface area contributed by atoms with Crippen LogP contribution in [0.15, 0.2) is 54.9 Å². The first-order valence-corrected chi connectivity index (χ1v) is 10.2. The number of nitrogens with zero attached hydrogens (tertiary/aromatic N) is 4. The molecule has 6 heteroatoms. The van der Waals surface area contributed by atoms with Crippen LogP contribution in [0.2, 0.25) is 0 Å². The van der Waals surface area contributed by atoms with Crippen molar-refractivity contribution in [1.29, 1.82) is 0 Å². The van der Waals surface area contributed by atoms with Crippen LogP contribution < -0.4 is 10.2 Å². The van der Waals surface area contributed by atoms with Crippen molar-refractivity contribution in [3.8, 4) is 11.3 Å². The van der Waals surface area contributed by atoms with E-state index in [0.29, 0.717) is 18.2 Å². The van der Waals surface area contributed by atoms with Crippen LogP contribution in [0.3, 0.4) is 0 Å². The molecule has 2 aromatic heterocycles. The Morgan fingerprint density at radius 2 is 1.90 bits per heavy atom. The van der Waals surface area contributed by atoms with Crippen LogP contribution in [0.1, 0.15) is 47.8 Å². The summed E-state index contributed by atoms with van der Waals surface area (Å²) in [5.41, 5.74) is 4.73. The Morgan fingerprint density at radius 3 is 2.62 bits per heavy atom. The highest BCUT2D eigenvalue weighted by Gasteiger charge is 2.22. The molecule has 1 amide bonds. The van der Waals surface area contributed by atoms with Crippen molar-refractivity contribution in [1.82, 2.24) is 20.1 Å². The minimum Gasteiger partial charge on any atom is -0.378 e. The van der Waals surface area contributed by atoms with Crippen molar-refractivity contribution < 1.29 is 4.79 Å². The van der Waals surface area contributed by atoms with Gasteiger partial charge in [-0.05, 0) is 49.2 Å². The summed E-state index contributed by atoms with van der Waals surface area (Å²) in [5, 5.41) is 7.87. The van der Waals surface area contributed by atoms with E-state index < -0.39 is 0 Å². The highest BCUT2D eigenvalue weighted by atomic mass is 16.1. The van der Waals surface area contributed by atoms with Gasteiger partial charge in [-0.2, -0.15) is 5.10 Å². The molecule has 2 heterocycles. The monoisotopic (exact) mass is 389 g/mol. The van der Waals surface area contributed by atoms with Crippen molar-refractivity contribution in [2.24, 2.45) is 0 Å². The number of aromatic nitrogens is 3. The molecule has 3 aromatic rings. The summed E-state index contributed by atoms with van der Waals surface area (Å²) in [4.78, 5) is 18.8. The lowest BCUT2D eigenvalue weighted by Gasteiger charge is -2.14. The number of anilines is 1. The lowest BCUT2D eigenvalue weighted by atomic mass is 10.1. The Morgan fingerprint density at radius 1 is 1.14 bits per heavy atom. The second kappa shape index (κ2) is 8.47. The highest BCUT2D eigenvalue weighted by molar-refractivity contribution is 5.95. The van der Waals surface area contributed by atoms with E-state index >= 15 is 0 Å². The molecule has 1 aromatic carbocycles. The summed E-state index contributed by atoms with van der Waals surface area (Å²) >= 11 is 0. The Kier molecular flexibility index (Phi) is 5.60. The molecule has 0 bridgehead atoms. The van der Waals surface area contributed by atoms with Crippen LogP contribution in [0.4, 0.5) is 5.69 Å². The van der Waals surface area contributed by atoms with Crippen molar-refractivity contribution in [3.63, 3.8) is 0 Å². The van der Waals surface area contributed by atoms with Crippen molar-refractivity contribution in [2.45, 2.75) is 38.3 Å². The summed E-state index contributed by atoms with van der Waals surface area (Å²) in [6.07, 6.45) is 8.41. The van der Waals surface area contributed by atoms with Crippen LogP contribution in [-0.2, 0) is 6.54 Å². The second-order valence-corrected chi connectivity index (χ2v) is 7.77. The van der Waals surface area contributed by atoms with Crippen LogP contribution in [0.25, 0.3) is 11.3 Å². The standard InChI is InChI=1S/C23H27N5O/c1-27(2)21-9-5-6-18(14-21)23(29)25-16-19-15-22(17-10-12-24-13-11-17)28(26-19)20-7-3-4-8-20/h5-6,9-15,20H,3-4,7-8,16H2,1-2H3,(H,25,29).